The summed E-state index contributed by atoms with van der Waals surface area (Å²) in [6.07, 6.45) is 7.42. The Morgan fingerprint density at radius 3 is 2.36 bits per heavy atom. The predicted octanol–water partition coefficient (Wildman–Crippen LogP) is 1.46. The molecule has 0 saturated heterocycles. The van der Waals surface area contributed by atoms with Gasteiger partial charge in [-0.05, 0) is 31.9 Å². The van der Waals surface area contributed by atoms with Crippen molar-refractivity contribution in [3.63, 3.8) is 0 Å². The summed E-state index contributed by atoms with van der Waals surface area (Å²) in [7, 11) is 3.72. The molecule has 1 aliphatic carbocycles. The Kier molecular flexibility index (Phi) is 5.15. The van der Waals surface area contributed by atoms with Crippen LogP contribution < -0.4 is 10.6 Å². The molecule has 1 aliphatic rings. The molecule has 0 amide bonds. The summed E-state index contributed by atoms with van der Waals surface area (Å²) in [5.41, 5.74) is 0. The van der Waals surface area contributed by atoms with E-state index in [0.29, 0.717) is 6.04 Å². The molecule has 0 radical (unpaired) electrons. The second-order valence-electron chi connectivity index (χ2n) is 3.68. The molecule has 0 spiro atoms. The number of hydrogen-bond acceptors (Lipinski definition) is 2. The van der Waals surface area contributed by atoms with Gasteiger partial charge >= 0.3 is 0 Å². The zero-order chi connectivity index (χ0) is 10.4. The lowest BCUT2D eigenvalue weighted by Gasteiger charge is -2.28. The van der Waals surface area contributed by atoms with E-state index in [2.05, 4.69) is 21.9 Å². The van der Waals surface area contributed by atoms with Gasteiger partial charge in [-0.1, -0.05) is 0 Å². The first-order valence-electron chi connectivity index (χ1n) is 5.24. The van der Waals surface area contributed by atoms with Crippen LogP contribution in [0.5, 0.6) is 0 Å². The van der Waals surface area contributed by atoms with Gasteiger partial charge in [0.25, 0.3) is 0 Å². The smallest absolute Gasteiger partial charge is 0.190 e. The van der Waals surface area contributed by atoms with Crippen LogP contribution in [0.3, 0.4) is 0 Å². The number of guanidine groups is 1. The molecule has 0 bridgehead atoms. The maximum absolute atomic E-state index is 4.13. The van der Waals surface area contributed by atoms with E-state index in [-0.39, 0.29) is 0 Å². The highest BCUT2D eigenvalue weighted by molar-refractivity contribution is 7.99. The molecule has 1 rings (SSSR count). The van der Waals surface area contributed by atoms with Crippen molar-refractivity contribution in [2.45, 2.75) is 37.0 Å². The summed E-state index contributed by atoms with van der Waals surface area (Å²) in [4.78, 5) is 4.13. The molecule has 0 aromatic heterocycles. The Bertz CT molecular complexity index is 186. The maximum atomic E-state index is 4.13. The van der Waals surface area contributed by atoms with Gasteiger partial charge in [0.15, 0.2) is 5.96 Å². The van der Waals surface area contributed by atoms with Gasteiger partial charge in [0.1, 0.15) is 0 Å². The first-order valence-corrected chi connectivity index (χ1v) is 6.52. The van der Waals surface area contributed by atoms with E-state index >= 15 is 0 Å². The Hall–Kier alpha value is -0.380. The molecule has 0 heterocycles. The fraction of sp³-hybridized carbons (Fsp3) is 0.900. The lowest BCUT2D eigenvalue weighted by molar-refractivity contribution is 0.419. The van der Waals surface area contributed by atoms with Gasteiger partial charge in [0.05, 0.1) is 0 Å². The van der Waals surface area contributed by atoms with Crippen LogP contribution in [0.15, 0.2) is 4.99 Å². The molecule has 4 heteroatoms. The number of aliphatic imine (C=N–C) groups is 1. The number of nitrogens with one attached hydrogen (secondary N) is 2. The molecule has 0 atom stereocenters. The zero-order valence-corrected chi connectivity index (χ0v) is 10.2. The highest BCUT2D eigenvalue weighted by Gasteiger charge is 2.20. The first kappa shape index (κ1) is 11.7. The highest BCUT2D eigenvalue weighted by Crippen LogP contribution is 2.26. The number of thioether (sulfide) groups is 1. The van der Waals surface area contributed by atoms with Crippen molar-refractivity contribution in [2.75, 3.05) is 20.4 Å². The normalized spacial score (nSPS) is 28.6. The van der Waals surface area contributed by atoms with Crippen molar-refractivity contribution >= 4 is 17.7 Å². The van der Waals surface area contributed by atoms with E-state index in [4.69, 9.17) is 0 Å². The Morgan fingerprint density at radius 1 is 1.29 bits per heavy atom. The lowest BCUT2D eigenvalue weighted by atomic mass is 9.95. The molecular formula is C10H21N3S. The third-order valence-corrected chi connectivity index (χ3v) is 3.95. The fourth-order valence-electron chi connectivity index (χ4n) is 1.88. The molecular weight excluding hydrogens is 194 g/mol. The molecule has 1 fully saturated rings. The van der Waals surface area contributed by atoms with E-state index in [0.717, 1.165) is 11.2 Å². The van der Waals surface area contributed by atoms with Crippen LogP contribution in [0.2, 0.25) is 0 Å². The molecule has 1 saturated carbocycles. The van der Waals surface area contributed by atoms with Crippen molar-refractivity contribution < 1.29 is 0 Å². The monoisotopic (exact) mass is 215 g/mol. The van der Waals surface area contributed by atoms with Crippen molar-refractivity contribution in [1.82, 2.24) is 10.6 Å². The average Bonchev–Trinajstić information content (AvgIpc) is 2.26. The van der Waals surface area contributed by atoms with E-state index < -0.39 is 0 Å². The summed E-state index contributed by atoms with van der Waals surface area (Å²) in [5.74, 6) is 0.914. The minimum absolute atomic E-state index is 0.615. The Labute approximate surface area is 91.1 Å². The summed E-state index contributed by atoms with van der Waals surface area (Å²) >= 11 is 2.00. The minimum Gasteiger partial charge on any atom is -0.359 e. The quantitative estimate of drug-likeness (QED) is 0.541. The largest absolute Gasteiger partial charge is 0.359 e. The summed E-state index contributed by atoms with van der Waals surface area (Å²) < 4.78 is 0. The molecule has 14 heavy (non-hydrogen) atoms. The van der Waals surface area contributed by atoms with Crippen LogP contribution in [0, 0.1) is 0 Å². The topological polar surface area (TPSA) is 36.4 Å². The van der Waals surface area contributed by atoms with Crippen LogP contribution in [0.25, 0.3) is 0 Å². The van der Waals surface area contributed by atoms with Gasteiger partial charge in [0.2, 0.25) is 0 Å². The molecule has 0 aromatic rings. The number of hydrogen-bond donors (Lipinski definition) is 2. The van der Waals surface area contributed by atoms with E-state index in [1.54, 1.807) is 0 Å². The van der Waals surface area contributed by atoms with Crippen molar-refractivity contribution in [1.29, 1.82) is 0 Å². The van der Waals surface area contributed by atoms with Crippen LogP contribution in [-0.4, -0.2) is 37.6 Å². The van der Waals surface area contributed by atoms with Gasteiger partial charge in [-0.15, -0.1) is 0 Å². The second kappa shape index (κ2) is 6.17. The fourth-order valence-corrected chi connectivity index (χ4v) is 2.63. The zero-order valence-electron chi connectivity index (χ0n) is 9.34. The van der Waals surface area contributed by atoms with Gasteiger partial charge in [-0.25, -0.2) is 0 Å². The number of rotatable bonds is 2. The molecule has 82 valence electrons. The van der Waals surface area contributed by atoms with Gasteiger partial charge in [0, 0.05) is 25.4 Å². The summed E-state index contributed by atoms with van der Waals surface area (Å²) in [6.45, 7) is 0. The van der Waals surface area contributed by atoms with Gasteiger partial charge < -0.3 is 10.6 Å². The summed E-state index contributed by atoms with van der Waals surface area (Å²) in [5, 5.41) is 7.37. The van der Waals surface area contributed by atoms with E-state index in [1.807, 2.05) is 25.9 Å². The Balaban J connectivity index is 2.28. The molecule has 3 nitrogen and oxygen atoms in total. The van der Waals surface area contributed by atoms with Gasteiger partial charge in [-0.3, -0.25) is 4.99 Å². The van der Waals surface area contributed by atoms with Crippen LogP contribution in [0.4, 0.5) is 0 Å². The first-order chi connectivity index (χ1) is 6.80. The van der Waals surface area contributed by atoms with Crippen LogP contribution in [-0.2, 0) is 0 Å². The second-order valence-corrected chi connectivity index (χ2v) is 4.81. The standard InChI is InChI=1S/C10H21N3S/c1-11-10(12-2)13-8-4-6-9(14-3)7-5-8/h8-9H,4-7H2,1-3H3,(H2,11,12,13). The molecule has 0 aromatic carbocycles. The van der Waals surface area contributed by atoms with Crippen LogP contribution >= 0.6 is 11.8 Å². The Morgan fingerprint density at radius 2 is 1.93 bits per heavy atom. The summed E-state index contributed by atoms with van der Waals surface area (Å²) in [6, 6.07) is 0.615. The SMILES string of the molecule is CN=C(NC)NC1CCC(SC)CC1. The van der Waals surface area contributed by atoms with E-state index in [1.165, 1.54) is 25.7 Å². The maximum Gasteiger partial charge on any atom is 0.190 e. The lowest BCUT2D eigenvalue weighted by Crippen LogP contribution is -2.43. The van der Waals surface area contributed by atoms with E-state index in [9.17, 15) is 0 Å². The van der Waals surface area contributed by atoms with Crippen molar-refractivity contribution in [3.05, 3.63) is 0 Å². The third kappa shape index (κ3) is 3.40. The number of nitrogens with zero attached hydrogens (tertiary/aromatic N) is 1. The van der Waals surface area contributed by atoms with Gasteiger partial charge in [-0.2, -0.15) is 11.8 Å². The molecule has 2 N–H and O–H groups in total. The van der Waals surface area contributed by atoms with Crippen LogP contribution in [0.1, 0.15) is 25.7 Å². The predicted molar refractivity (Wildman–Crippen MR) is 65.1 cm³/mol. The molecule has 0 unspecified atom stereocenters. The van der Waals surface area contributed by atoms with Crippen molar-refractivity contribution in [3.8, 4) is 0 Å². The molecule has 0 aliphatic heterocycles. The minimum atomic E-state index is 0.615. The average molecular weight is 215 g/mol. The highest BCUT2D eigenvalue weighted by atomic mass is 32.2. The van der Waals surface area contributed by atoms with Crippen molar-refractivity contribution in [2.24, 2.45) is 4.99 Å². The third-order valence-electron chi connectivity index (χ3n) is 2.81.